The van der Waals surface area contributed by atoms with Gasteiger partial charge in [0.1, 0.15) is 12.4 Å². The van der Waals surface area contributed by atoms with Gasteiger partial charge in [-0.15, -0.1) is 0 Å². The summed E-state index contributed by atoms with van der Waals surface area (Å²) in [6.45, 7) is 3.80. The Kier molecular flexibility index (Phi) is 6.87. The van der Waals surface area contributed by atoms with Gasteiger partial charge in [0.15, 0.2) is 5.60 Å². The number of ether oxygens (including phenoxy) is 3. The lowest BCUT2D eigenvalue weighted by molar-refractivity contribution is -0.172. The number of hydrogen-bond acceptors (Lipinski definition) is 8. The zero-order valence-electron chi connectivity index (χ0n) is 23.8. The number of fused-ring (bicyclic) bond motifs is 5. The highest BCUT2D eigenvalue weighted by molar-refractivity contribution is 8.32. The molecule has 0 unspecified atom stereocenters. The fourth-order valence-electron chi connectivity index (χ4n) is 5.81. The highest BCUT2D eigenvalue weighted by Crippen LogP contribution is 2.42. The number of morpholine rings is 1. The molecule has 0 bridgehead atoms. The molecule has 0 aliphatic carbocycles. The topological polar surface area (TPSA) is 120 Å². The molecule has 1 amide bonds. The second kappa shape index (κ2) is 10.1. The van der Waals surface area contributed by atoms with Crippen molar-refractivity contribution >= 4 is 33.0 Å². The van der Waals surface area contributed by atoms with Gasteiger partial charge in [-0.05, 0) is 67.2 Å². The fourth-order valence-corrected chi connectivity index (χ4v) is 6.63. The maximum absolute atomic E-state index is 13.7. The third kappa shape index (κ3) is 4.79. The maximum Gasteiger partial charge on any atom is 0.415 e. The van der Waals surface area contributed by atoms with Gasteiger partial charge in [0, 0.05) is 29.6 Å². The van der Waals surface area contributed by atoms with Gasteiger partial charge >= 0.3 is 12.1 Å². The molecule has 0 saturated carbocycles. The van der Waals surface area contributed by atoms with E-state index in [1.165, 1.54) is 0 Å². The van der Waals surface area contributed by atoms with Crippen molar-refractivity contribution in [2.75, 3.05) is 50.8 Å². The lowest BCUT2D eigenvalue weighted by atomic mass is 9.86. The van der Waals surface area contributed by atoms with Crippen LogP contribution in [-0.4, -0.2) is 82.4 Å². The predicted octanol–water partition coefficient (Wildman–Crippen LogP) is 3.15. The van der Waals surface area contributed by atoms with Crippen LogP contribution in [0.5, 0.6) is 5.75 Å². The Balaban J connectivity index is 1.48. The molecule has 6 rings (SSSR count). The lowest BCUT2D eigenvalue weighted by Gasteiger charge is -2.31. The summed E-state index contributed by atoms with van der Waals surface area (Å²) in [5.41, 5.74) is 2.41. The first-order chi connectivity index (χ1) is 19.5. The van der Waals surface area contributed by atoms with E-state index in [9.17, 15) is 19.5 Å². The number of pyridine rings is 2. The summed E-state index contributed by atoms with van der Waals surface area (Å²) in [7, 11) is -0.845. The number of aliphatic hydroxyl groups is 1. The number of esters is 1. The van der Waals surface area contributed by atoms with Crippen molar-refractivity contribution in [2.24, 2.45) is 0 Å². The lowest BCUT2D eigenvalue weighted by Crippen LogP contribution is -2.44. The van der Waals surface area contributed by atoms with Gasteiger partial charge in [-0.1, -0.05) is 6.92 Å². The van der Waals surface area contributed by atoms with Crippen molar-refractivity contribution in [1.82, 2.24) is 14.5 Å². The van der Waals surface area contributed by atoms with Crippen LogP contribution in [0.25, 0.3) is 22.3 Å². The van der Waals surface area contributed by atoms with Crippen LogP contribution in [-0.2, 0) is 39.4 Å². The maximum atomic E-state index is 13.7. The van der Waals surface area contributed by atoms with Crippen LogP contribution in [0, 0.1) is 0 Å². The van der Waals surface area contributed by atoms with Crippen LogP contribution < -0.4 is 10.3 Å². The first-order valence-corrected chi connectivity index (χ1v) is 16.9. The molecule has 1 atom stereocenters. The highest BCUT2D eigenvalue weighted by Gasteiger charge is 2.45. The molecule has 10 nitrogen and oxygen atoms in total. The minimum absolute atomic E-state index is 0.0886. The zero-order valence-corrected chi connectivity index (χ0v) is 24.6. The molecule has 1 saturated heterocycles. The molecular formula is C30H35N3O7S. The number of nitrogens with zero attached hydrogens (tertiary/aromatic N) is 3. The summed E-state index contributed by atoms with van der Waals surface area (Å²) in [5.74, 6) is 0.664. The summed E-state index contributed by atoms with van der Waals surface area (Å²) < 4.78 is 18.0. The van der Waals surface area contributed by atoms with Gasteiger partial charge in [-0.3, -0.25) is 4.79 Å². The molecule has 41 heavy (non-hydrogen) atoms. The van der Waals surface area contributed by atoms with Crippen molar-refractivity contribution in [3.63, 3.8) is 0 Å². The molecule has 2 aromatic heterocycles. The third-order valence-electron chi connectivity index (χ3n) is 8.22. The summed E-state index contributed by atoms with van der Waals surface area (Å²) in [6.07, 6.45) is 7.24. The monoisotopic (exact) mass is 581 g/mol. The summed E-state index contributed by atoms with van der Waals surface area (Å²) in [6, 6.07) is 7.18. The number of amides is 1. The van der Waals surface area contributed by atoms with Crippen molar-refractivity contribution in [1.29, 1.82) is 0 Å². The van der Waals surface area contributed by atoms with E-state index in [1.807, 2.05) is 12.1 Å². The van der Waals surface area contributed by atoms with E-state index >= 15 is 0 Å². The van der Waals surface area contributed by atoms with Crippen molar-refractivity contribution in [3.8, 4) is 17.1 Å². The molecule has 1 aromatic carbocycles. The van der Waals surface area contributed by atoms with Gasteiger partial charge in [0.25, 0.3) is 5.56 Å². The molecule has 0 radical (unpaired) electrons. The van der Waals surface area contributed by atoms with Gasteiger partial charge in [-0.2, -0.15) is 0 Å². The van der Waals surface area contributed by atoms with Crippen LogP contribution in [0.3, 0.4) is 0 Å². The van der Waals surface area contributed by atoms with Crippen molar-refractivity contribution in [2.45, 2.75) is 38.5 Å². The fraction of sp³-hybridized carbons (Fsp3) is 0.467. The summed E-state index contributed by atoms with van der Waals surface area (Å²) >= 11 is 0. The Morgan fingerprint density at radius 2 is 1.90 bits per heavy atom. The first-order valence-electron chi connectivity index (χ1n) is 13.8. The van der Waals surface area contributed by atoms with E-state index in [2.05, 4.69) is 18.8 Å². The molecular weight excluding hydrogens is 546 g/mol. The van der Waals surface area contributed by atoms with Crippen LogP contribution in [0.15, 0.2) is 29.1 Å². The number of hydrogen-bond donors (Lipinski definition) is 1. The van der Waals surface area contributed by atoms with Crippen molar-refractivity contribution < 1.29 is 28.9 Å². The van der Waals surface area contributed by atoms with E-state index in [0.717, 1.165) is 34.2 Å². The van der Waals surface area contributed by atoms with Gasteiger partial charge in [0.2, 0.25) is 0 Å². The molecule has 0 spiro atoms. The van der Waals surface area contributed by atoms with E-state index in [1.54, 1.807) is 28.5 Å². The van der Waals surface area contributed by atoms with Crippen LogP contribution in [0.2, 0.25) is 0 Å². The Labute approximate surface area is 239 Å². The quantitative estimate of drug-likeness (QED) is 0.357. The normalized spacial score (nSPS) is 20.3. The molecule has 11 heteroatoms. The van der Waals surface area contributed by atoms with Gasteiger partial charge in [-0.25, -0.2) is 24.6 Å². The number of aromatic nitrogens is 2. The molecule has 218 valence electrons. The third-order valence-corrected chi connectivity index (χ3v) is 9.64. The highest BCUT2D eigenvalue weighted by atomic mass is 32.3. The van der Waals surface area contributed by atoms with Gasteiger partial charge < -0.3 is 28.8 Å². The average Bonchev–Trinajstić information content (AvgIpc) is 3.32. The van der Waals surface area contributed by atoms with E-state index < -0.39 is 27.7 Å². The Bertz CT molecular complexity index is 1640. The number of cyclic esters (lactones) is 1. The van der Waals surface area contributed by atoms with Crippen molar-refractivity contribution in [3.05, 3.63) is 56.9 Å². The summed E-state index contributed by atoms with van der Waals surface area (Å²) in [4.78, 5) is 45.6. The van der Waals surface area contributed by atoms with Crippen LogP contribution in [0.4, 0.5) is 4.79 Å². The minimum Gasteiger partial charge on any atom is -0.458 e. The smallest absolute Gasteiger partial charge is 0.415 e. The molecule has 1 N–H and O–H groups in total. The predicted molar refractivity (Wildman–Crippen MR) is 157 cm³/mol. The summed E-state index contributed by atoms with van der Waals surface area (Å²) in [5, 5.41) is 12.1. The standard InChI is InChI=1S/C30H35N3O7S/c1-5-30(37)23-15-25-26-21(16-33(25)27(34)22(23)17-39-28(30)35)19(8-13-41(2,3)4)20-14-18(6-7-24(20)31-26)40-29(36)32-9-11-38-12-10-32/h6-7,14-15,37H,5,8-13,16-17H2,1-4H3/t30-/m0/s1. The number of aryl methyl sites for hydroxylation is 1. The molecule has 3 aliphatic rings. The second-order valence-corrected chi connectivity index (χ2v) is 16.3. The SMILES string of the molecule is CC[C@@]1(O)C(=O)OCc2c1cc1n(c2=O)Cc2c-1nc1ccc(OC(=O)N3CCOCC3)cc1c2CCS(C)(C)C. The zero-order chi connectivity index (χ0) is 29.1. The number of rotatable bonds is 5. The van der Waals surface area contributed by atoms with E-state index in [-0.39, 0.29) is 18.6 Å². The van der Waals surface area contributed by atoms with E-state index in [4.69, 9.17) is 19.2 Å². The first kappa shape index (κ1) is 27.7. The Morgan fingerprint density at radius 3 is 2.61 bits per heavy atom. The van der Waals surface area contributed by atoms with E-state index in [0.29, 0.717) is 61.1 Å². The number of carbonyl (C=O) groups is 2. The average molecular weight is 582 g/mol. The van der Waals surface area contributed by atoms with Gasteiger partial charge in [0.05, 0.1) is 42.2 Å². The molecule has 5 heterocycles. The Morgan fingerprint density at radius 1 is 1.15 bits per heavy atom. The number of benzene rings is 1. The minimum atomic E-state index is -1.88. The molecule has 1 fully saturated rings. The second-order valence-electron chi connectivity index (χ2n) is 11.7. The molecule has 3 aromatic rings. The Hall–Kier alpha value is -3.41. The van der Waals surface area contributed by atoms with Crippen LogP contribution in [0.1, 0.15) is 35.6 Å². The number of carbonyl (C=O) groups excluding carboxylic acids is 2. The van der Waals surface area contributed by atoms with Crippen LogP contribution >= 0.6 is 10.0 Å². The largest absolute Gasteiger partial charge is 0.458 e. The molecule has 3 aliphatic heterocycles.